The van der Waals surface area contributed by atoms with Gasteiger partial charge in [0, 0.05) is 32.9 Å². The smallest absolute Gasteiger partial charge is 0.0541 e. The summed E-state index contributed by atoms with van der Waals surface area (Å²) in [6, 6.07) is 84.7. The predicted molar refractivity (Wildman–Crippen MR) is 264 cm³/mol. The third-order valence-electron chi connectivity index (χ3n) is 13.1. The van der Waals surface area contributed by atoms with E-state index in [2.05, 4.69) is 240 Å². The van der Waals surface area contributed by atoms with Gasteiger partial charge in [0.1, 0.15) is 0 Å². The first-order chi connectivity index (χ1) is 30.7. The molecule has 62 heavy (non-hydrogen) atoms. The fourth-order valence-corrected chi connectivity index (χ4v) is 10.2. The Balaban J connectivity index is 0.887. The normalized spacial score (nSPS) is 11.9. The average Bonchev–Trinajstić information content (AvgIpc) is 3.86. The Morgan fingerprint density at radius 1 is 0.177 bits per heavy atom. The van der Waals surface area contributed by atoms with Crippen molar-refractivity contribution < 1.29 is 0 Å². The van der Waals surface area contributed by atoms with Gasteiger partial charge in [-0.1, -0.05) is 164 Å². The first-order valence-electron chi connectivity index (χ1n) is 21.4. The molecule has 0 unspecified atom stereocenters. The molecule has 0 saturated carbocycles. The van der Waals surface area contributed by atoms with Gasteiger partial charge in [0.25, 0.3) is 0 Å². The number of hydrogen-bond acceptors (Lipinski definition) is 0. The van der Waals surface area contributed by atoms with Crippen molar-refractivity contribution >= 4 is 75.9 Å². The number of aromatic nitrogens is 2. The van der Waals surface area contributed by atoms with Crippen LogP contribution in [0.15, 0.2) is 231 Å². The van der Waals surface area contributed by atoms with E-state index in [9.17, 15) is 0 Å². The lowest BCUT2D eigenvalue weighted by atomic mass is 9.92. The SMILES string of the molecule is c1ccc(-c2ccc(-n3c4ccccc4c4cc(-c5ccc6c(c5)c5ccccc5n6-c5ccc(-c6ccc7c8ccccc8c8ccccc8c7c6)cc5)ccc43)cc2)cc1. The van der Waals surface area contributed by atoms with Gasteiger partial charge in [0.05, 0.1) is 22.1 Å². The van der Waals surface area contributed by atoms with Crippen LogP contribution >= 0.6 is 0 Å². The zero-order chi connectivity index (χ0) is 40.7. The number of hydrogen-bond donors (Lipinski definition) is 0. The molecule has 0 aliphatic rings. The third kappa shape index (κ3) is 5.30. The van der Waals surface area contributed by atoms with Crippen molar-refractivity contribution in [1.29, 1.82) is 0 Å². The molecule has 13 rings (SSSR count). The summed E-state index contributed by atoms with van der Waals surface area (Å²) in [6.07, 6.45) is 0. The van der Waals surface area contributed by atoms with E-state index in [4.69, 9.17) is 0 Å². The number of nitrogens with zero attached hydrogens (tertiary/aromatic N) is 2. The van der Waals surface area contributed by atoms with Gasteiger partial charge < -0.3 is 9.13 Å². The minimum Gasteiger partial charge on any atom is -0.309 e. The molecule has 13 aromatic rings. The van der Waals surface area contributed by atoms with Gasteiger partial charge in [0.15, 0.2) is 0 Å². The van der Waals surface area contributed by atoms with Gasteiger partial charge in [-0.15, -0.1) is 0 Å². The molecule has 0 radical (unpaired) electrons. The number of fused-ring (bicyclic) bond motifs is 12. The minimum absolute atomic E-state index is 1.15. The van der Waals surface area contributed by atoms with E-state index >= 15 is 0 Å². The Labute approximate surface area is 358 Å². The van der Waals surface area contributed by atoms with Gasteiger partial charge >= 0.3 is 0 Å². The van der Waals surface area contributed by atoms with Crippen LogP contribution in [-0.4, -0.2) is 9.13 Å². The quantitative estimate of drug-likeness (QED) is 0.154. The molecule has 0 saturated heterocycles. The van der Waals surface area contributed by atoms with Gasteiger partial charge in [-0.25, -0.2) is 0 Å². The molecule has 0 spiro atoms. The molecule has 288 valence electrons. The Morgan fingerprint density at radius 3 is 0.984 bits per heavy atom. The summed E-state index contributed by atoms with van der Waals surface area (Å²) in [5, 5.41) is 12.8. The second kappa shape index (κ2) is 13.7. The highest BCUT2D eigenvalue weighted by Gasteiger charge is 2.17. The Morgan fingerprint density at radius 2 is 0.484 bits per heavy atom. The van der Waals surface area contributed by atoms with Crippen LogP contribution in [-0.2, 0) is 0 Å². The maximum absolute atomic E-state index is 2.41. The van der Waals surface area contributed by atoms with Crippen molar-refractivity contribution in [2.24, 2.45) is 0 Å². The highest BCUT2D eigenvalue weighted by Crippen LogP contribution is 2.40. The fourth-order valence-electron chi connectivity index (χ4n) is 10.2. The zero-order valence-electron chi connectivity index (χ0n) is 33.8. The third-order valence-corrected chi connectivity index (χ3v) is 13.1. The Kier molecular flexibility index (Phi) is 7.64. The molecule has 0 atom stereocenters. The van der Waals surface area contributed by atoms with Crippen molar-refractivity contribution in [2.45, 2.75) is 0 Å². The largest absolute Gasteiger partial charge is 0.309 e. The average molecular weight is 787 g/mol. The van der Waals surface area contributed by atoms with Crippen LogP contribution in [0.5, 0.6) is 0 Å². The first-order valence-corrected chi connectivity index (χ1v) is 21.4. The molecule has 0 amide bonds. The summed E-state index contributed by atoms with van der Waals surface area (Å²) < 4.78 is 4.81. The molecule has 0 aliphatic carbocycles. The van der Waals surface area contributed by atoms with E-state index < -0.39 is 0 Å². The second-order valence-corrected chi connectivity index (χ2v) is 16.5. The standard InChI is InChI=1S/C60H38N2/c1-2-12-39(13-3-1)40-22-29-45(30-23-40)61-57-20-10-8-18-52(57)55-37-43(27-34-59(55)61)44-28-35-60-56(38-44)53-19-9-11-21-58(53)62(60)46-31-24-41(25-32-46)42-26-33-51-49-16-5-4-14-47(49)48-15-6-7-17-50(48)54(51)36-42/h1-38H. The van der Waals surface area contributed by atoms with Crippen molar-refractivity contribution in [3.8, 4) is 44.8 Å². The van der Waals surface area contributed by atoms with Crippen LogP contribution in [0.25, 0.3) is 121 Å². The molecule has 2 nitrogen and oxygen atoms in total. The lowest BCUT2D eigenvalue weighted by Crippen LogP contribution is -1.94. The Hall–Kier alpha value is -8.20. The number of rotatable bonds is 5. The van der Waals surface area contributed by atoms with E-state index in [1.807, 2.05) is 0 Å². The first kappa shape index (κ1) is 34.6. The zero-order valence-corrected chi connectivity index (χ0v) is 33.8. The van der Waals surface area contributed by atoms with E-state index in [1.165, 1.54) is 109 Å². The Bertz CT molecular complexity index is 3850. The summed E-state index contributed by atoms with van der Waals surface area (Å²) in [4.78, 5) is 0. The molecule has 0 bridgehead atoms. The molecule has 2 heterocycles. The summed E-state index contributed by atoms with van der Waals surface area (Å²) in [5.41, 5.74) is 14.4. The molecule has 2 heteroatoms. The van der Waals surface area contributed by atoms with Crippen LogP contribution in [0.3, 0.4) is 0 Å². The maximum atomic E-state index is 2.41. The molecule has 11 aromatic carbocycles. The van der Waals surface area contributed by atoms with Crippen molar-refractivity contribution in [3.63, 3.8) is 0 Å². The van der Waals surface area contributed by atoms with E-state index in [-0.39, 0.29) is 0 Å². The molecular weight excluding hydrogens is 749 g/mol. The van der Waals surface area contributed by atoms with E-state index in [0.717, 1.165) is 11.4 Å². The van der Waals surface area contributed by atoms with Gasteiger partial charge in [-0.3, -0.25) is 0 Å². The molecule has 2 aromatic heterocycles. The lowest BCUT2D eigenvalue weighted by molar-refractivity contribution is 1.18. The molecular formula is C60H38N2. The topological polar surface area (TPSA) is 9.86 Å². The second-order valence-electron chi connectivity index (χ2n) is 16.5. The maximum Gasteiger partial charge on any atom is 0.0541 e. The fraction of sp³-hybridized carbons (Fsp3) is 0. The summed E-state index contributed by atoms with van der Waals surface area (Å²) >= 11 is 0. The predicted octanol–water partition coefficient (Wildman–Crippen LogP) is 16.3. The summed E-state index contributed by atoms with van der Waals surface area (Å²) in [5.74, 6) is 0. The molecule has 0 fully saturated rings. The number of benzene rings is 11. The lowest BCUT2D eigenvalue weighted by Gasteiger charge is -2.13. The van der Waals surface area contributed by atoms with Crippen LogP contribution < -0.4 is 0 Å². The highest BCUT2D eigenvalue weighted by molar-refractivity contribution is 6.25. The monoisotopic (exact) mass is 786 g/mol. The minimum atomic E-state index is 1.15. The van der Waals surface area contributed by atoms with Crippen molar-refractivity contribution in [3.05, 3.63) is 231 Å². The van der Waals surface area contributed by atoms with E-state index in [0.29, 0.717) is 0 Å². The van der Waals surface area contributed by atoms with Gasteiger partial charge in [-0.05, 0) is 132 Å². The van der Waals surface area contributed by atoms with Gasteiger partial charge in [-0.2, -0.15) is 0 Å². The molecule has 0 aliphatic heterocycles. The highest BCUT2D eigenvalue weighted by atomic mass is 15.0. The van der Waals surface area contributed by atoms with Crippen LogP contribution in [0.2, 0.25) is 0 Å². The van der Waals surface area contributed by atoms with Crippen molar-refractivity contribution in [2.75, 3.05) is 0 Å². The van der Waals surface area contributed by atoms with Crippen LogP contribution in [0, 0.1) is 0 Å². The summed E-state index contributed by atoms with van der Waals surface area (Å²) in [7, 11) is 0. The molecule has 0 N–H and O–H groups in total. The van der Waals surface area contributed by atoms with E-state index in [1.54, 1.807) is 0 Å². The van der Waals surface area contributed by atoms with Crippen LogP contribution in [0.1, 0.15) is 0 Å². The number of para-hydroxylation sites is 2. The van der Waals surface area contributed by atoms with Crippen molar-refractivity contribution in [1.82, 2.24) is 9.13 Å². The summed E-state index contributed by atoms with van der Waals surface area (Å²) in [6.45, 7) is 0. The van der Waals surface area contributed by atoms with Gasteiger partial charge in [0.2, 0.25) is 0 Å². The van der Waals surface area contributed by atoms with Crippen LogP contribution in [0.4, 0.5) is 0 Å².